The summed E-state index contributed by atoms with van der Waals surface area (Å²) < 4.78 is 0. The van der Waals surface area contributed by atoms with Crippen molar-refractivity contribution >= 4 is 23.7 Å². The van der Waals surface area contributed by atoms with E-state index >= 15 is 0 Å². The Morgan fingerprint density at radius 2 is 1.46 bits per heavy atom. The number of hydrogen-bond acceptors (Lipinski definition) is 6. The van der Waals surface area contributed by atoms with E-state index in [0.717, 1.165) is 0 Å². The van der Waals surface area contributed by atoms with E-state index < -0.39 is 54.0 Å². The van der Waals surface area contributed by atoms with Crippen molar-refractivity contribution in [3.63, 3.8) is 0 Å². The van der Waals surface area contributed by atoms with E-state index in [9.17, 15) is 29.4 Å². The molecule has 196 valence electrons. The lowest BCUT2D eigenvalue weighted by Crippen LogP contribution is -2.60. The van der Waals surface area contributed by atoms with Gasteiger partial charge in [-0.15, -0.1) is 0 Å². The minimum Gasteiger partial charge on any atom is -0.480 e. The minimum absolute atomic E-state index is 0.0297. The molecule has 10 nitrogen and oxygen atoms in total. The summed E-state index contributed by atoms with van der Waals surface area (Å²) >= 11 is 0. The number of nitrogens with two attached hydrogens (primary N) is 1. The molecule has 0 fully saturated rings. The first-order chi connectivity index (χ1) is 16.4. The molecule has 0 heterocycles. The Kier molecular flexibility index (Phi) is 12.4. The molecular weight excluding hydrogens is 452 g/mol. The van der Waals surface area contributed by atoms with Gasteiger partial charge in [0.25, 0.3) is 0 Å². The van der Waals surface area contributed by atoms with Crippen molar-refractivity contribution < 1.29 is 29.4 Å². The number of hydrogen-bond donors (Lipinski definition) is 6. The highest BCUT2D eigenvalue weighted by Crippen LogP contribution is 2.10. The van der Waals surface area contributed by atoms with Gasteiger partial charge in [0, 0.05) is 6.42 Å². The second-order valence-electron chi connectivity index (χ2n) is 9.42. The normalized spacial score (nSPS) is 16.3. The molecule has 0 aromatic heterocycles. The van der Waals surface area contributed by atoms with Crippen molar-refractivity contribution in [2.24, 2.45) is 17.6 Å². The summed E-state index contributed by atoms with van der Waals surface area (Å²) in [4.78, 5) is 50.2. The maximum absolute atomic E-state index is 13.0. The van der Waals surface area contributed by atoms with E-state index in [1.807, 2.05) is 27.7 Å². The quantitative estimate of drug-likeness (QED) is 0.220. The second-order valence-corrected chi connectivity index (χ2v) is 9.42. The van der Waals surface area contributed by atoms with E-state index in [-0.39, 0.29) is 24.7 Å². The topological polar surface area (TPSA) is 171 Å². The number of carbonyl (C=O) groups is 4. The van der Waals surface area contributed by atoms with Gasteiger partial charge in [-0.2, -0.15) is 0 Å². The molecule has 1 aromatic rings. The maximum atomic E-state index is 13.0. The summed E-state index contributed by atoms with van der Waals surface area (Å²) in [5, 5.41) is 27.3. The molecule has 10 heteroatoms. The highest BCUT2D eigenvalue weighted by atomic mass is 16.4. The Hall–Kier alpha value is -2.98. The number of nitrogens with one attached hydrogen (secondary N) is 3. The summed E-state index contributed by atoms with van der Waals surface area (Å²) in [5.74, 6) is -3.30. The molecule has 6 atom stereocenters. The molecule has 0 radical (unpaired) electrons. The van der Waals surface area contributed by atoms with Gasteiger partial charge in [0.2, 0.25) is 17.7 Å². The number of benzene rings is 1. The monoisotopic (exact) mass is 492 g/mol. The minimum atomic E-state index is -1.42. The molecule has 3 amide bonds. The van der Waals surface area contributed by atoms with Gasteiger partial charge < -0.3 is 31.9 Å². The average Bonchev–Trinajstić information content (AvgIpc) is 2.80. The molecule has 1 aromatic carbocycles. The summed E-state index contributed by atoms with van der Waals surface area (Å²) in [6.07, 6.45) is -0.317. The van der Waals surface area contributed by atoms with Gasteiger partial charge in [-0.1, -0.05) is 64.4 Å². The van der Waals surface area contributed by atoms with Crippen molar-refractivity contribution in [3.8, 4) is 0 Å². The Balaban J connectivity index is 2.97. The van der Waals surface area contributed by atoms with Crippen molar-refractivity contribution in [2.45, 2.75) is 84.2 Å². The van der Waals surface area contributed by atoms with Crippen molar-refractivity contribution in [2.75, 3.05) is 0 Å². The van der Waals surface area contributed by atoms with Crippen LogP contribution in [0.2, 0.25) is 0 Å². The fraction of sp³-hybridized carbons (Fsp3) is 0.600. The first kappa shape index (κ1) is 30.1. The smallest absolute Gasteiger partial charge is 0.326 e. The highest BCUT2D eigenvalue weighted by Gasteiger charge is 2.33. The van der Waals surface area contributed by atoms with Crippen LogP contribution >= 0.6 is 0 Å². The summed E-state index contributed by atoms with van der Waals surface area (Å²) in [5.41, 5.74) is 6.70. The van der Waals surface area contributed by atoms with Crippen LogP contribution in [0.1, 0.15) is 53.0 Å². The average molecular weight is 493 g/mol. The third-order valence-corrected chi connectivity index (χ3v) is 5.86. The molecule has 7 N–H and O–H groups in total. The Labute approximate surface area is 207 Å². The van der Waals surface area contributed by atoms with Gasteiger partial charge in [0.1, 0.15) is 18.1 Å². The van der Waals surface area contributed by atoms with Crippen LogP contribution < -0.4 is 21.7 Å². The van der Waals surface area contributed by atoms with Crippen LogP contribution in [0.3, 0.4) is 0 Å². The second kappa shape index (κ2) is 14.4. The maximum Gasteiger partial charge on any atom is 0.326 e. The Morgan fingerprint density at radius 3 is 1.94 bits per heavy atom. The van der Waals surface area contributed by atoms with Crippen LogP contribution in [0.5, 0.6) is 0 Å². The molecule has 0 aliphatic carbocycles. The number of aliphatic carboxylic acids is 1. The molecule has 0 bridgehead atoms. The van der Waals surface area contributed by atoms with Crippen molar-refractivity contribution in [3.05, 3.63) is 35.9 Å². The zero-order valence-corrected chi connectivity index (χ0v) is 21.2. The van der Waals surface area contributed by atoms with E-state index in [1.165, 1.54) is 6.92 Å². The first-order valence-corrected chi connectivity index (χ1v) is 12.0. The number of aliphatic hydroxyl groups is 1. The number of aliphatic hydroxyl groups excluding tert-OH is 1. The highest BCUT2D eigenvalue weighted by molar-refractivity contribution is 5.94. The molecule has 0 aliphatic heterocycles. The lowest BCUT2D eigenvalue weighted by molar-refractivity contribution is -0.143. The summed E-state index contributed by atoms with van der Waals surface area (Å²) in [7, 11) is 0. The largest absolute Gasteiger partial charge is 0.480 e. The number of carbonyl (C=O) groups excluding carboxylic acids is 3. The van der Waals surface area contributed by atoms with Crippen LogP contribution in [0.4, 0.5) is 0 Å². The van der Waals surface area contributed by atoms with Gasteiger partial charge in [0.15, 0.2) is 0 Å². The van der Waals surface area contributed by atoms with Crippen LogP contribution in [0, 0.1) is 11.8 Å². The lowest BCUT2D eigenvalue weighted by atomic mass is 9.97. The standard InChI is InChI=1S/C25H40N4O6/c1-6-15(4)20(26)23(32)27-18(12-14(2)3)22(31)29-21(16(5)30)24(33)28-19(25(34)35)13-17-10-8-7-9-11-17/h7-11,14-16,18-21,30H,6,12-13,26H2,1-5H3,(H,27,32)(H,28,33)(H,29,31)(H,34,35). The van der Waals surface area contributed by atoms with E-state index in [2.05, 4.69) is 16.0 Å². The predicted octanol–water partition coefficient (Wildman–Crippen LogP) is 0.568. The summed E-state index contributed by atoms with van der Waals surface area (Å²) in [6.45, 7) is 8.81. The molecule has 35 heavy (non-hydrogen) atoms. The van der Waals surface area contributed by atoms with Crippen LogP contribution in [0.15, 0.2) is 30.3 Å². The lowest BCUT2D eigenvalue weighted by Gasteiger charge is -2.28. The third-order valence-electron chi connectivity index (χ3n) is 5.86. The van der Waals surface area contributed by atoms with Gasteiger partial charge in [-0.05, 0) is 30.7 Å². The number of amides is 3. The van der Waals surface area contributed by atoms with Crippen molar-refractivity contribution in [1.82, 2.24) is 16.0 Å². The molecule has 0 spiro atoms. The first-order valence-electron chi connectivity index (χ1n) is 12.0. The van der Waals surface area contributed by atoms with E-state index in [1.54, 1.807) is 30.3 Å². The Bertz CT molecular complexity index is 846. The van der Waals surface area contributed by atoms with Crippen LogP contribution in [-0.2, 0) is 25.6 Å². The van der Waals surface area contributed by atoms with E-state index in [0.29, 0.717) is 12.0 Å². The van der Waals surface area contributed by atoms with Crippen LogP contribution in [0.25, 0.3) is 0 Å². The zero-order valence-electron chi connectivity index (χ0n) is 21.2. The number of rotatable bonds is 14. The Morgan fingerprint density at radius 1 is 0.886 bits per heavy atom. The number of carboxylic acid groups (broad SMARTS) is 1. The molecular formula is C25H40N4O6. The van der Waals surface area contributed by atoms with Gasteiger partial charge in [-0.3, -0.25) is 14.4 Å². The molecule has 1 rings (SSSR count). The fourth-order valence-electron chi connectivity index (χ4n) is 3.45. The van der Waals surface area contributed by atoms with Crippen molar-refractivity contribution in [1.29, 1.82) is 0 Å². The summed E-state index contributed by atoms with van der Waals surface area (Å²) in [6, 6.07) is 4.31. The third kappa shape index (κ3) is 10.0. The van der Waals surface area contributed by atoms with Gasteiger partial charge in [0.05, 0.1) is 12.1 Å². The molecule has 0 saturated carbocycles. The SMILES string of the molecule is CCC(C)C(N)C(=O)NC(CC(C)C)C(=O)NC(C(=O)NC(Cc1ccccc1)C(=O)O)C(C)O. The van der Waals surface area contributed by atoms with Crippen LogP contribution in [-0.4, -0.2) is 64.2 Å². The number of carboxylic acids is 1. The van der Waals surface area contributed by atoms with Gasteiger partial charge >= 0.3 is 5.97 Å². The van der Waals surface area contributed by atoms with Gasteiger partial charge in [-0.25, -0.2) is 4.79 Å². The predicted molar refractivity (Wildman–Crippen MR) is 132 cm³/mol. The molecule has 0 saturated heterocycles. The molecule has 6 unspecified atom stereocenters. The zero-order chi connectivity index (χ0) is 26.7. The molecule has 0 aliphatic rings. The fourth-order valence-corrected chi connectivity index (χ4v) is 3.45. The van der Waals surface area contributed by atoms with E-state index in [4.69, 9.17) is 5.73 Å².